The molecule has 36 valence electrons. The molecule has 0 heterocycles. The summed E-state index contributed by atoms with van der Waals surface area (Å²) in [7, 11) is 0. The first kappa shape index (κ1) is 9.07. The van der Waals surface area contributed by atoms with Crippen molar-refractivity contribution in [3.63, 3.8) is 0 Å². The minimum Gasteiger partial charge on any atom is -0.174 e. The van der Waals surface area contributed by atoms with E-state index in [0.29, 0.717) is 0 Å². The van der Waals surface area contributed by atoms with Gasteiger partial charge in [-0.3, -0.25) is 0 Å². The van der Waals surface area contributed by atoms with Gasteiger partial charge in [0.15, 0.2) is 0 Å². The molecule has 4 heteroatoms. The van der Waals surface area contributed by atoms with Crippen LogP contribution >= 0.6 is 0 Å². The van der Waals surface area contributed by atoms with E-state index in [9.17, 15) is 13.2 Å². The van der Waals surface area contributed by atoms with Crippen molar-refractivity contribution in [1.82, 2.24) is 0 Å². The molecule has 0 nitrogen and oxygen atoms in total. The van der Waals surface area contributed by atoms with Gasteiger partial charge in [0.1, 0.15) is 0 Å². The zero-order valence-electron chi connectivity index (χ0n) is 2.03. The standard InChI is InChI=1S/CHF3.Pd/c2-1(3)4;/h1H;. The van der Waals surface area contributed by atoms with Crippen LogP contribution in [0.1, 0.15) is 0 Å². The Morgan fingerprint density at radius 2 is 1.00 bits per heavy atom. The summed E-state index contributed by atoms with van der Waals surface area (Å²) in [6.45, 7) is -3.67. The number of hydrogen-bond acceptors (Lipinski definition) is 0. The quantitative estimate of drug-likeness (QED) is 0.486. The molecule has 0 aliphatic heterocycles. The van der Waals surface area contributed by atoms with Crippen LogP contribution in [0.2, 0.25) is 0 Å². The molecular weight excluding hydrogens is 175 g/mol. The molecule has 0 atom stereocenters. The van der Waals surface area contributed by atoms with Crippen LogP contribution in [0.5, 0.6) is 0 Å². The van der Waals surface area contributed by atoms with Gasteiger partial charge in [-0.1, -0.05) is 0 Å². The van der Waals surface area contributed by atoms with Crippen molar-refractivity contribution >= 4 is 0 Å². The van der Waals surface area contributed by atoms with Crippen molar-refractivity contribution < 1.29 is 33.6 Å². The van der Waals surface area contributed by atoms with Crippen LogP contribution in [0.3, 0.4) is 0 Å². The van der Waals surface area contributed by atoms with Crippen molar-refractivity contribution in [3.05, 3.63) is 0 Å². The van der Waals surface area contributed by atoms with E-state index in [-0.39, 0.29) is 20.4 Å². The Morgan fingerprint density at radius 3 is 1.00 bits per heavy atom. The third kappa shape index (κ3) is 131. The third-order valence-corrected chi connectivity index (χ3v) is 0. The van der Waals surface area contributed by atoms with Crippen molar-refractivity contribution in [2.75, 3.05) is 0 Å². The fourth-order valence-corrected chi connectivity index (χ4v) is 0. The normalized spacial score (nSPS) is 7.20. The van der Waals surface area contributed by atoms with Crippen LogP contribution in [-0.4, -0.2) is 6.68 Å². The summed E-state index contributed by atoms with van der Waals surface area (Å²) in [6.07, 6.45) is 0. The minimum atomic E-state index is -3.67. The van der Waals surface area contributed by atoms with E-state index in [1.807, 2.05) is 0 Å². The molecule has 0 spiro atoms. The fraction of sp³-hybridized carbons (Fsp3) is 1.00. The molecule has 0 aliphatic rings. The smallest absolute Gasteiger partial charge is 0.174 e. The molecular formula is CHF3Pd. The molecule has 0 aromatic heterocycles. The first-order valence-corrected chi connectivity index (χ1v) is 0.655. The summed E-state index contributed by atoms with van der Waals surface area (Å²) in [5.74, 6) is 0. The van der Waals surface area contributed by atoms with Crippen LogP contribution in [0, 0.1) is 0 Å². The number of alkyl halides is 3. The Bertz CT molecular complexity index is 11.6. The predicted octanol–water partition coefficient (Wildman–Crippen LogP) is 1.18. The first-order chi connectivity index (χ1) is 1.73. The van der Waals surface area contributed by atoms with E-state index < -0.39 is 6.68 Å². The number of rotatable bonds is 0. The maximum absolute atomic E-state index is 9.67. The average Bonchev–Trinajstić information content (AvgIpc) is 0.811. The molecule has 0 saturated carbocycles. The van der Waals surface area contributed by atoms with E-state index in [1.165, 1.54) is 0 Å². The summed E-state index contributed by atoms with van der Waals surface area (Å²) in [4.78, 5) is 0. The molecule has 0 aromatic rings. The number of hydrogen-bond donors (Lipinski definition) is 0. The van der Waals surface area contributed by atoms with Crippen LogP contribution in [0.15, 0.2) is 0 Å². The van der Waals surface area contributed by atoms with Gasteiger partial charge >= 0.3 is 6.68 Å². The van der Waals surface area contributed by atoms with Gasteiger partial charge in [0.05, 0.1) is 0 Å². The van der Waals surface area contributed by atoms with E-state index in [0.717, 1.165) is 0 Å². The molecule has 0 unspecified atom stereocenters. The first-order valence-electron chi connectivity index (χ1n) is 0.655. The summed E-state index contributed by atoms with van der Waals surface area (Å²) in [6, 6.07) is 0. The van der Waals surface area contributed by atoms with Crippen molar-refractivity contribution in [3.8, 4) is 0 Å². The monoisotopic (exact) mass is 176 g/mol. The topological polar surface area (TPSA) is 0 Å². The van der Waals surface area contributed by atoms with E-state index in [4.69, 9.17) is 0 Å². The summed E-state index contributed by atoms with van der Waals surface area (Å²) < 4.78 is 29.0. The zero-order chi connectivity index (χ0) is 3.58. The zero-order valence-corrected chi connectivity index (χ0v) is 3.58. The van der Waals surface area contributed by atoms with Crippen LogP contribution < -0.4 is 0 Å². The Kier molecular flexibility index (Phi) is 8.08. The molecule has 0 aromatic carbocycles. The fourth-order valence-electron chi connectivity index (χ4n) is 0. The molecule has 0 bridgehead atoms. The van der Waals surface area contributed by atoms with Gasteiger partial charge in [-0.2, -0.15) is 13.2 Å². The van der Waals surface area contributed by atoms with E-state index in [1.54, 1.807) is 0 Å². The largest absolute Gasteiger partial charge is 0.379 e. The predicted molar refractivity (Wildman–Crippen MR) is 7.11 cm³/mol. The molecule has 0 rings (SSSR count). The van der Waals surface area contributed by atoms with Gasteiger partial charge in [-0.25, -0.2) is 0 Å². The van der Waals surface area contributed by atoms with E-state index >= 15 is 0 Å². The van der Waals surface area contributed by atoms with Gasteiger partial charge in [0, 0.05) is 20.4 Å². The Morgan fingerprint density at radius 1 is 1.00 bits per heavy atom. The summed E-state index contributed by atoms with van der Waals surface area (Å²) in [5.41, 5.74) is 0. The van der Waals surface area contributed by atoms with Crippen molar-refractivity contribution in [2.24, 2.45) is 0 Å². The van der Waals surface area contributed by atoms with Gasteiger partial charge < -0.3 is 0 Å². The Hall–Kier alpha value is 0.452. The van der Waals surface area contributed by atoms with Gasteiger partial charge in [0.2, 0.25) is 0 Å². The molecule has 0 fully saturated rings. The molecule has 0 aliphatic carbocycles. The minimum absolute atomic E-state index is 0. The molecule has 5 heavy (non-hydrogen) atoms. The van der Waals surface area contributed by atoms with Crippen molar-refractivity contribution in [1.29, 1.82) is 0 Å². The summed E-state index contributed by atoms with van der Waals surface area (Å²) >= 11 is 0. The Balaban J connectivity index is 0. The van der Waals surface area contributed by atoms with Gasteiger partial charge in [-0.15, -0.1) is 0 Å². The van der Waals surface area contributed by atoms with Gasteiger partial charge in [0.25, 0.3) is 0 Å². The average molecular weight is 176 g/mol. The second kappa shape index (κ2) is 4.45. The molecule has 0 saturated heterocycles. The third-order valence-electron chi connectivity index (χ3n) is 0. The maximum Gasteiger partial charge on any atom is 0.379 e. The Labute approximate surface area is 41.0 Å². The SMILES string of the molecule is FC(F)F.[Pd]. The van der Waals surface area contributed by atoms with Crippen LogP contribution in [-0.2, 0) is 20.4 Å². The molecule has 0 amide bonds. The van der Waals surface area contributed by atoms with Crippen LogP contribution in [0.4, 0.5) is 13.2 Å². The van der Waals surface area contributed by atoms with Crippen molar-refractivity contribution in [2.45, 2.75) is 6.68 Å². The van der Waals surface area contributed by atoms with Gasteiger partial charge in [-0.05, 0) is 0 Å². The summed E-state index contributed by atoms with van der Waals surface area (Å²) in [5, 5.41) is 0. The number of halogens is 3. The van der Waals surface area contributed by atoms with E-state index in [2.05, 4.69) is 0 Å². The second-order valence-electron chi connectivity index (χ2n) is 0.247. The molecule has 0 radical (unpaired) electrons. The maximum atomic E-state index is 9.67. The van der Waals surface area contributed by atoms with Crippen LogP contribution in [0.25, 0.3) is 0 Å². The molecule has 0 N–H and O–H groups in total. The second-order valence-corrected chi connectivity index (χ2v) is 0.247.